The lowest BCUT2D eigenvalue weighted by Crippen LogP contribution is -2.44. The van der Waals surface area contributed by atoms with Crippen LogP contribution in [0.4, 0.5) is 4.39 Å². The van der Waals surface area contributed by atoms with E-state index in [0.29, 0.717) is 35.3 Å². The normalized spacial score (nSPS) is 21.3. The second-order valence-corrected chi connectivity index (χ2v) is 10.0. The van der Waals surface area contributed by atoms with Crippen molar-refractivity contribution in [2.75, 3.05) is 13.2 Å². The van der Waals surface area contributed by atoms with Crippen molar-refractivity contribution in [3.8, 4) is 11.4 Å². The molecule has 0 bridgehead atoms. The summed E-state index contributed by atoms with van der Waals surface area (Å²) in [4.78, 5) is 42.7. The van der Waals surface area contributed by atoms with Crippen LogP contribution in [0.15, 0.2) is 16.9 Å². The Morgan fingerprint density at radius 3 is 2.81 bits per heavy atom. The SMILES string of the molecule is CC[C@@]1(O)C(=O)OCc2c1cc1n(c2=O)Cc2c-1nc1cc(F)c(C)c3c1c2[C@H](CNC(=O)CO)CC3. The summed E-state index contributed by atoms with van der Waals surface area (Å²) in [6.07, 6.45) is 1.29. The molecule has 2 aliphatic heterocycles. The third-order valence-electron chi connectivity index (χ3n) is 8.19. The van der Waals surface area contributed by atoms with Crippen molar-refractivity contribution in [1.29, 1.82) is 0 Å². The zero-order valence-electron chi connectivity index (χ0n) is 20.5. The van der Waals surface area contributed by atoms with Crippen molar-refractivity contribution in [2.45, 2.75) is 57.8 Å². The lowest BCUT2D eigenvalue weighted by molar-refractivity contribution is -0.172. The maximum absolute atomic E-state index is 14.9. The average Bonchev–Trinajstić information content (AvgIpc) is 3.27. The number of halogens is 1. The van der Waals surface area contributed by atoms with Crippen LogP contribution in [0.5, 0.6) is 0 Å². The first-order valence-electron chi connectivity index (χ1n) is 12.4. The zero-order valence-corrected chi connectivity index (χ0v) is 20.5. The maximum Gasteiger partial charge on any atom is 0.343 e. The maximum atomic E-state index is 14.9. The van der Waals surface area contributed by atoms with Crippen molar-refractivity contribution in [3.63, 3.8) is 0 Å². The van der Waals surface area contributed by atoms with Crippen molar-refractivity contribution in [1.82, 2.24) is 14.9 Å². The lowest BCUT2D eigenvalue weighted by Gasteiger charge is -2.31. The van der Waals surface area contributed by atoms with E-state index in [1.165, 1.54) is 6.07 Å². The van der Waals surface area contributed by atoms with E-state index in [1.807, 2.05) is 0 Å². The Kier molecular flexibility index (Phi) is 5.26. The van der Waals surface area contributed by atoms with Gasteiger partial charge in [0.05, 0.1) is 29.0 Å². The number of hydrogen-bond donors (Lipinski definition) is 3. The summed E-state index contributed by atoms with van der Waals surface area (Å²) in [6, 6.07) is 3.03. The molecule has 6 rings (SSSR count). The molecular formula is C27H26FN3O6. The number of aryl methyl sites for hydroxylation is 1. The van der Waals surface area contributed by atoms with Gasteiger partial charge in [0.1, 0.15) is 19.0 Å². The molecule has 1 aliphatic carbocycles. The summed E-state index contributed by atoms with van der Waals surface area (Å²) in [5.74, 6) is -1.78. The predicted molar refractivity (Wildman–Crippen MR) is 130 cm³/mol. The highest BCUT2D eigenvalue weighted by molar-refractivity contribution is 5.93. The number of nitrogens with zero attached hydrogens (tertiary/aromatic N) is 2. The molecule has 3 N–H and O–H groups in total. The first kappa shape index (κ1) is 23.7. The Morgan fingerprint density at radius 1 is 1.30 bits per heavy atom. The van der Waals surface area contributed by atoms with Gasteiger partial charge in [-0.05, 0) is 48.9 Å². The number of pyridine rings is 2. The molecule has 9 nitrogen and oxygen atoms in total. The minimum Gasteiger partial charge on any atom is -0.458 e. The summed E-state index contributed by atoms with van der Waals surface area (Å²) in [5.41, 5.74) is 2.66. The largest absolute Gasteiger partial charge is 0.458 e. The number of esters is 1. The van der Waals surface area contributed by atoms with Gasteiger partial charge in [-0.3, -0.25) is 9.59 Å². The molecule has 37 heavy (non-hydrogen) atoms. The quantitative estimate of drug-likeness (QED) is 0.358. The van der Waals surface area contributed by atoms with Gasteiger partial charge in [-0.25, -0.2) is 14.2 Å². The monoisotopic (exact) mass is 507 g/mol. The number of fused-ring (bicyclic) bond motifs is 5. The molecule has 0 spiro atoms. The van der Waals surface area contributed by atoms with Gasteiger partial charge in [0.25, 0.3) is 5.56 Å². The van der Waals surface area contributed by atoms with Crippen LogP contribution in [0.25, 0.3) is 22.3 Å². The van der Waals surface area contributed by atoms with E-state index in [-0.39, 0.29) is 54.5 Å². The Bertz CT molecular complexity index is 1600. The van der Waals surface area contributed by atoms with Gasteiger partial charge in [-0.15, -0.1) is 0 Å². The molecule has 2 atom stereocenters. The number of aromatic nitrogens is 2. The second kappa shape index (κ2) is 8.19. The van der Waals surface area contributed by atoms with Crippen LogP contribution in [0.2, 0.25) is 0 Å². The molecule has 0 saturated heterocycles. The molecule has 2 aromatic heterocycles. The van der Waals surface area contributed by atoms with E-state index in [0.717, 1.165) is 22.1 Å². The van der Waals surface area contributed by atoms with E-state index in [1.54, 1.807) is 24.5 Å². The van der Waals surface area contributed by atoms with Crippen LogP contribution in [-0.4, -0.2) is 44.8 Å². The number of aliphatic hydroxyl groups excluding tert-OH is 1. The van der Waals surface area contributed by atoms with Gasteiger partial charge >= 0.3 is 5.97 Å². The highest BCUT2D eigenvalue weighted by atomic mass is 19.1. The second-order valence-electron chi connectivity index (χ2n) is 10.0. The highest BCUT2D eigenvalue weighted by Gasteiger charge is 2.45. The first-order chi connectivity index (χ1) is 17.7. The Labute approximate surface area is 210 Å². The summed E-state index contributed by atoms with van der Waals surface area (Å²) in [7, 11) is 0. The molecule has 4 heterocycles. The van der Waals surface area contributed by atoms with Crippen molar-refractivity contribution >= 4 is 22.8 Å². The van der Waals surface area contributed by atoms with Gasteiger partial charge < -0.3 is 24.8 Å². The molecule has 0 radical (unpaired) electrons. The van der Waals surface area contributed by atoms with Gasteiger partial charge in [0.15, 0.2) is 5.60 Å². The standard InChI is InChI=1S/C27H26FN3O6/c1-3-27(36)17-6-20-24-15(9-31(20)25(34)16(17)11-37-26(27)35)22-13(8-29-21(33)10-32)4-5-14-12(2)18(28)7-19(30-24)23(14)22/h6-7,13,32,36H,3-5,8-11H2,1-2H3,(H,29,33)/t13-,27-/m0/s1. The minimum atomic E-state index is -1.94. The fourth-order valence-electron chi connectivity index (χ4n) is 6.15. The number of benzene rings is 1. The molecule has 0 unspecified atom stereocenters. The van der Waals surface area contributed by atoms with E-state index < -0.39 is 24.1 Å². The Morgan fingerprint density at radius 2 is 2.08 bits per heavy atom. The van der Waals surface area contributed by atoms with Crippen molar-refractivity contribution in [2.24, 2.45) is 0 Å². The number of carbonyl (C=O) groups excluding carboxylic acids is 2. The van der Waals surface area contributed by atoms with E-state index in [2.05, 4.69) is 5.32 Å². The van der Waals surface area contributed by atoms with E-state index in [4.69, 9.17) is 9.72 Å². The number of carbonyl (C=O) groups is 2. The zero-order chi connectivity index (χ0) is 26.2. The third-order valence-corrected chi connectivity index (χ3v) is 8.19. The number of amides is 1. The summed E-state index contributed by atoms with van der Waals surface area (Å²) >= 11 is 0. The summed E-state index contributed by atoms with van der Waals surface area (Å²) in [6.45, 7) is 3.03. The Balaban J connectivity index is 1.62. The van der Waals surface area contributed by atoms with Crippen LogP contribution in [-0.2, 0) is 39.5 Å². The van der Waals surface area contributed by atoms with Gasteiger partial charge in [0, 0.05) is 35.0 Å². The number of cyclic esters (lactones) is 1. The van der Waals surface area contributed by atoms with Gasteiger partial charge in [0.2, 0.25) is 5.91 Å². The van der Waals surface area contributed by atoms with Crippen molar-refractivity contribution in [3.05, 3.63) is 61.7 Å². The molecule has 192 valence electrons. The summed E-state index contributed by atoms with van der Waals surface area (Å²) in [5, 5.41) is 23.9. The van der Waals surface area contributed by atoms with Crippen molar-refractivity contribution < 1.29 is 28.9 Å². The fourth-order valence-corrected chi connectivity index (χ4v) is 6.15. The molecule has 0 saturated carbocycles. The van der Waals surface area contributed by atoms with Crippen LogP contribution in [0.3, 0.4) is 0 Å². The predicted octanol–water partition coefficient (Wildman–Crippen LogP) is 1.67. The number of aliphatic hydroxyl groups is 2. The number of rotatable bonds is 4. The molecule has 1 aromatic carbocycles. The molecule has 0 fully saturated rings. The number of hydrogen-bond acceptors (Lipinski definition) is 7. The molecular weight excluding hydrogens is 481 g/mol. The van der Waals surface area contributed by atoms with Crippen LogP contribution in [0.1, 0.15) is 59.1 Å². The molecule has 3 aromatic rings. The first-order valence-corrected chi connectivity index (χ1v) is 12.4. The van der Waals surface area contributed by atoms with Crippen LogP contribution in [0, 0.1) is 12.7 Å². The van der Waals surface area contributed by atoms with E-state index >= 15 is 0 Å². The van der Waals surface area contributed by atoms with Gasteiger partial charge in [-0.1, -0.05) is 6.92 Å². The van der Waals surface area contributed by atoms with Crippen LogP contribution < -0.4 is 10.9 Å². The molecule has 10 heteroatoms. The fraction of sp³-hybridized carbons (Fsp3) is 0.407. The molecule has 3 aliphatic rings. The van der Waals surface area contributed by atoms with Gasteiger partial charge in [-0.2, -0.15) is 0 Å². The Hall–Kier alpha value is -3.63. The number of nitrogens with one attached hydrogen (secondary N) is 1. The minimum absolute atomic E-state index is 0.0332. The van der Waals surface area contributed by atoms with E-state index in [9.17, 15) is 29.0 Å². The van der Waals surface area contributed by atoms with Crippen LogP contribution >= 0.6 is 0 Å². The lowest BCUT2D eigenvalue weighted by atomic mass is 9.78. The topological polar surface area (TPSA) is 131 Å². The average molecular weight is 508 g/mol. The third kappa shape index (κ3) is 3.21. The highest BCUT2D eigenvalue weighted by Crippen LogP contribution is 2.46. The summed E-state index contributed by atoms with van der Waals surface area (Å²) < 4.78 is 21.6. The number of ether oxygens (including phenoxy) is 1. The smallest absolute Gasteiger partial charge is 0.343 e. The molecule has 1 amide bonds.